The van der Waals surface area contributed by atoms with E-state index in [1.54, 1.807) is 11.8 Å². The molecule has 58 valence electrons. The molecule has 0 spiro atoms. The number of rotatable bonds is 0. The number of hydrogen-bond acceptors (Lipinski definition) is 2. The van der Waals surface area contributed by atoms with Gasteiger partial charge in [-0.1, -0.05) is 31.7 Å². The van der Waals surface area contributed by atoms with Crippen molar-refractivity contribution in [3.8, 4) is 0 Å². The summed E-state index contributed by atoms with van der Waals surface area (Å²) >= 11 is 1.70. The summed E-state index contributed by atoms with van der Waals surface area (Å²) in [7, 11) is 0. The lowest BCUT2D eigenvalue weighted by Crippen LogP contribution is -2.15. The fourth-order valence-electron chi connectivity index (χ4n) is 1.19. The summed E-state index contributed by atoms with van der Waals surface area (Å²) in [5.74, 6) is 0. The second-order valence-electron chi connectivity index (χ2n) is 3.26. The number of nitrogens with zero attached hydrogens (tertiary/aromatic N) is 1. The number of aromatic amines is 1. The predicted octanol–water partition coefficient (Wildman–Crippen LogP) is 2.31. The Morgan fingerprint density at radius 3 is 3.09 bits per heavy atom. The molecule has 3 heteroatoms. The molecule has 2 rings (SSSR count). The van der Waals surface area contributed by atoms with Crippen molar-refractivity contribution in [1.29, 1.82) is 0 Å². The molecule has 0 amide bonds. The Morgan fingerprint density at radius 2 is 2.36 bits per heavy atom. The molecule has 1 N–H and O–H groups in total. The number of nitrogens with one attached hydrogen (secondary N) is 1. The fourth-order valence-corrected chi connectivity index (χ4v) is 2.28. The van der Waals surface area contributed by atoms with Crippen LogP contribution in [0.25, 0.3) is 0 Å². The van der Waals surface area contributed by atoms with E-state index in [-0.39, 0.29) is 5.41 Å². The Morgan fingerprint density at radius 1 is 1.55 bits per heavy atom. The average Bonchev–Trinajstić information content (AvgIpc) is 2.34. The highest BCUT2D eigenvalue weighted by Gasteiger charge is 2.25. The quantitative estimate of drug-likeness (QED) is 0.640. The van der Waals surface area contributed by atoms with E-state index in [1.807, 2.05) is 6.20 Å². The van der Waals surface area contributed by atoms with Crippen molar-refractivity contribution in [2.45, 2.75) is 24.3 Å². The van der Waals surface area contributed by atoms with Crippen molar-refractivity contribution in [2.75, 3.05) is 0 Å². The maximum Gasteiger partial charge on any atom is 0.0990 e. The van der Waals surface area contributed by atoms with Crippen molar-refractivity contribution in [2.24, 2.45) is 0 Å². The van der Waals surface area contributed by atoms with E-state index in [0.29, 0.717) is 0 Å². The van der Waals surface area contributed by atoms with Crippen LogP contribution in [0, 0.1) is 0 Å². The minimum absolute atomic E-state index is 0.146. The first-order chi connectivity index (χ1) is 5.20. The van der Waals surface area contributed by atoms with Crippen LogP contribution in [0.5, 0.6) is 0 Å². The van der Waals surface area contributed by atoms with Crippen LogP contribution < -0.4 is 0 Å². The molecule has 1 aromatic rings. The highest BCUT2D eigenvalue weighted by molar-refractivity contribution is 8.02. The van der Waals surface area contributed by atoms with E-state index in [9.17, 15) is 0 Å². The highest BCUT2D eigenvalue weighted by atomic mass is 32.2. The maximum absolute atomic E-state index is 4.01. The second-order valence-corrected chi connectivity index (χ2v) is 4.17. The zero-order valence-electron chi connectivity index (χ0n) is 6.59. The zero-order chi connectivity index (χ0) is 7.90. The largest absolute Gasteiger partial charge is 0.271 e. The van der Waals surface area contributed by atoms with Gasteiger partial charge in [0, 0.05) is 11.0 Å². The second kappa shape index (κ2) is 2.14. The van der Waals surface area contributed by atoms with Crippen LogP contribution in [0.1, 0.15) is 19.4 Å². The molecule has 1 aliphatic heterocycles. The third kappa shape index (κ3) is 0.997. The van der Waals surface area contributed by atoms with Crippen molar-refractivity contribution < 1.29 is 0 Å². The molecule has 0 saturated heterocycles. The van der Waals surface area contributed by atoms with Gasteiger partial charge >= 0.3 is 0 Å². The van der Waals surface area contributed by atoms with Crippen LogP contribution in [0.4, 0.5) is 0 Å². The van der Waals surface area contributed by atoms with E-state index in [4.69, 9.17) is 0 Å². The summed E-state index contributed by atoms with van der Waals surface area (Å²) in [6.07, 6.45) is 4.11. The van der Waals surface area contributed by atoms with Crippen molar-refractivity contribution in [3.05, 3.63) is 23.2 Å². The Hall–Kier alpha value is -0.700. The third-order valence-corrected chi connectivity index (χ3v) is 2.79. The third-order valence-electron chi connectivity index (χ3n) is 1.97. The van der Waals surface area contributed by atoms with Crippen LogP contribution in [0.2, 0.25) is 0 Å². The summed E-state index contributed by atoms with van der Waals surface area (Å²) in [6.45, 7) is 4.38. The Labute approximate surface area is 70.1 Å². The smallest absolute Gasteiger partial charge is 0.0990 e. The molecule has 1 aliphatic rings. The predicted molar refractivity (Wildman–Crippen MR) is 46.6 cm³/mol. The molecule has 0 atom stereocenters. The van der Waals surface area contributed by atoms with Crippen molar-refractivity contribution in [1.82, 2.24) is 10.2 Å². The van der Waals surface area contributed by atoms with Crippen LogP contribution in [0.15, 0.2) is 22.7 Å². The van der Waals surface area contributed by atoms with Gasteiger partial charge in [0.2, 0.25) is 0 Å². The van der Waals surface area contributed by atoms with E-state index < -0.39 is 0 Å². The van der Waals surface area contributed by atoms with E-state index in [0.717, 1.165) is 0 Å². The number of fused-ring (bicyclic) bond motifs is 1. The average molecular weight is 166 g/mol. The molecular formula is C8H10N2S. The van der Waals surface area contributed by atoms with Gasteiger partial charge < -0.3 is 0 Å². The van der Waals surface area contributed by atoms with Gasteiger partial charge in [-0.15, -0.1) is 0 Å². The molecule has 0 aromatic carbocycles. The molecule has 0 bridgehead atoms. The normalized spacial score (nSPS) is 19.8. The van der Waals surface area contributed by atoms with Gasteiger partial charge in [0.05, 0.1) is 11.2 Å². The van der Waals surface area contributed by atoms with Gasteiger partial charge in [0.15, 0.2) is 0 Å². The van der Waals surface area contributed by atoms with Crippen LogP contribution in [-0.4, -0.2) is 10.2 Å². The lowest BCUT2D eigenvalue weighted by molar-refractivity contribution is 0.652. The number of allylic oxidation sites excluding steroid dienone is 1. The van der Waals surface area contributed by atoms with Gasteiger partial charge in [0.25, 0.3) is 0 Å². The molecule has 0 radical (unpaired) electrons. The molecule has 11 heavy (non-hydrogen) atoms. The van der Waals surface area contributed by atoms with Gasteiger partial charge in [-0.25, -0.2) is 0 Å². The minimum Gasteiger partial charge on any atom is -0.271 e. The molecular weight excluding hydrogens is 156 g/mol. The summed E-state index contributed by atoms with van der Waals surface area (Å²) < 4.78 is 0. The number of thioether (sulfide) groups is 1. The first kappa shape index (κ1) is 6.98. The standard InChI is InChI=1S/C8H10N2S/c1-8(2)3-4-11-7-6(8)5-9-10-7/h3-5H,1-2H3,(H,9,10). The zero-order valence-corrected chi connectivity index (χ0v) is 7.40. The molecule has 0 aliphatic carbocycles. The molecule has 2 heterocycles. The summed E-state index contributed by atoms with van der Waals surface area (Å²) in [5, 5.41) is 10.3. The van der Waals surface area contributed by atoms with Gasteiger partial charge in [0.1, 0.15) is 0 Å². The molecule has 0 saturated carbocycles. The number of aromatic nitrogens is 2. The molecule has 0 unspecified atom stereocenters. The topological polar surface area (TPSA) is 28.7 Å². The number of hydrogen-bond donors (Lipinski definition) is 1. The van der Waals surface area contributed by atoms with Gasteiger partial charge in [-0.05, 0) is 5.41 Å². The first-order valence-electron chi connectivity index (χ1n) is 3.58. The van der Waals surface area contributed by atoms with Crippen LogP contribution in [0.3, 0.4) is 0 Å². The van der Waals surface area contributed by atoms with Crippen LogP contribution in [-0.2, 0) is 5.41 Å². The SMILES string of the molecule is CC1(C)C=CSc2[nH]ncc21. The van der Waals surface area contributed by atoms with E-state index in [1.165, 1.54) is 10.6 Å². The van der Waals surface area contributed by atoms with Gasteiger partial charge in [-0.2, -0.15) is 5.10 Å². The lowest BCUT2D eigenvalue weighted by atomic mass is 9.87. The summed E-state index contributed by atoms with van der Waals surface area (Å²) in [6, 6.07) is 0. The Bertz CT molecular complexity index is 299. The summed E-state index contributed by atoms with van der Waals surface area (Å²) in [4.78, 5) is 0. The maximum atomic E-state index is 4.01. The van der Waals surface area contributed by atoms with E-state index >= 15 is 0 Å². The first-order valence-corrected chi connectivity index (χ1v) is 4.46. The minimum atomic E-state index is 0.146. The molecule has 1 aromatic heterocycles. The van der Waals surface area contributed by atoms with Crippen LogP contribution >= 0.6 is 11.8 Å². The van der Waals surface area contributed by atoms with Crippen molar-refractivity contribution >= 4 is 11.8 Å². The van der Waals surface area contributed by atoms with Crippen molar-refractivity contribution in [3.63, 3.8) is 0 Å². The molecule has 0 fully saturated rings. The highest BCUT2D eigenvalue weighted by Crippen LogP contribution is 2.37. The lowest BCUT2D eigenvalue weighted by Gasteiger charge is -2.22. The Balaban J connectivity index is 2.56. The monoisotopic (exact) mass is 166 g/mol. The summed E-state index contributed by atoms with van der Waals surface area (Å²) in [5.41, 5.74) is 1.44. The van der Waals surface area contributed by atoms with E-state index in [2.05, 4.69) is 35.5 Å². The van der Waals surface area contributed by atoms with Gasteiger partial charge in [-0.3, -0.25) is 5.10 Å². The Kier molecular flexibility index (Phi) is 1.36. The fraction of sp³-hybridized carbons (Fsp3) is 0.375. The number of H-pyrrole nitrogens is 1. The molecule has 2 nitrogen and oxygen atoms in total.